The standard InChI is InChI=1S/C13H12Cl2N2O4/c1-13(18,11-3-2-4-21-11)7-16-12-9(14)5-8(17(19)20)6-10(12)15/h2-6,16,18H,7H2,1H3. The Morgan fingerprint density at radius 1 is 1.43 bits per heavy atom. The fraction of sp³-hybridized carbons (Fsp3) is 0.231. The first-order valence-corrected chi connectivity index (χ1v) is 6.70. The van der Waals surface area contributed by atoms with Crippen LogP contribution in [-0.2, 0) is 5.60 Å². The van der Waals surface area contributed by atoms with Crippen LogP contribution in [0.5, 0.6) is 0 Å². The Kier molecular flexibility index (Phi) is 4.41. The fourth-order valence-electron chi connectivity index (χ4n) is 1.77. The molecule has 0 radical (unpaired) electrons. The molecule has 1 unspecified atom stereocenters. The zero-order chi connectivity index (χ0) is 15.6. The number of nitrogens with zero attached hydrogens (tertiary/aromatic N) is 1. The van der Waals surface area contributed by atoms with E-state index in [1.54, 1.807) is 19.1 Å². The minimum atomic E-state index is -1.28. The lowest BCUT2D eigenvalue weighted by molar-refractivity contribution is -0.384. The Morgan fingerprint density at radius 2 is 2.05 bits per heavy atom. The molecule has 1 atom stereocenters. The second-order valence-corrected chi connectivity index (χ2v) is 5.46. The van der Waals surface area contributed by atoms with Crippen molar-refractivity contribution in [2.75, 3.05) is 11.9 Å². The smallest absolute Gasteiger partial charge is 0.272 e. The van der Waals surface area contributed by atoms with E-state index in [1.807, 2.05) is 0 Å². The maximum atomic E-state index is 10.7. The van der Waals surface area contributed by atoms with Crippen molar-refractivity contribution in [3.8, 4) is 0 Å². The highest BCUT2D eigenvalue weighted by atomic mass is 35.5. The molecule has 21 heavy (non-hydrogen) atoms. The Balaban J connectivity index is 2.19. The molecule has 0 saturated carbocycles. The number of rotatable bonds is 5. The molecule has 0 aliphatic carbocycles. The third-order valence-electron chi connectivity index (χ3n) is 2.90. The SMILES string of the molecule is CC(O)(CNc1c(Cl)cc([N+](=O)[O-])cc1Cl)c1ccco1. The molecule has 8 heteroatoms. The molecule has 0 fully saturated rings. The molecule has 112 valence electrons. The van der Waals surface area contributed by atoms with Crippen LogP contribution >= 0.6 is 23.2 Å². The van der Waals surface area contributed by atoms with Crippen molar-refractivity contribution < 1.29 is 14.4 Å². The predicted octanol–water partition coefficient (Wildman–Crippen LogP) is 3.81. The van der Waals surface area contributed by atoms with Crippen LogP contribution in [0.25, 0.3) is 0 Å². The Labute approximate surface area is 130 Å². The van der Waals surface area contributed by atoms with Crippen LogP contribution < -0.4 is 5.32 Å². The molecule has 1 aromatic carbocycles. The summed E-state index contributed by atoms with van der Waals surface area (Å²) in [6.45, 7) is 1.63. The molecule has 2 N–H and O–H groups in total. The maximum Gasteiger partial charge on any atom is 0.272 e. The van der Waals surface area contributed by atoms with Gasteiger partial charge in [0.1, 0.15) is 11.4 Å². The number of nitro benzene ring substituents is 1. The van der Waals surface area contributed by atoms with Crippen LogP contribution in [0.3, 0.4) is 0 Å². The van der Waals surface area contributed by atoms with Gasteiger partial charge in [0.05, 0.1) is 33.5 Å². The average Bonchev–Trinajstić information content (AvgIpc) is 2.91. The van der Waals surface area contributed by atoms with Crippen molar-refractivity contribution in [1.82, 2.24) is 0 Å². The van der Waals surface area contributed by atoms with Crippen molar-refractivity contribution in [3.05, 3.63) is 56.4 Å². The van der Waals surface area contributed by atoms with E-state index >= 15 is 0 Å². The molecule has 6 nitrogen and oxygen atoms in total. The Bertz CT molecular complexity index is 633. The number of hydrogen-bond acceptors (Lipinski definition) is 5. The third-order valence-corrected chi connectivity index (χ3v) is 3.50. The van der Waals surface area contributed by atoms with E-state index in [0.717, 1.165) is 0 Å². The van der Waals surface area contributed by atoms with Crippen molar-refractivity contribution in [3.63, 3.8) is 0 Å². The van der Waals surface area contributed by atoms with Gasteiger partial charge in [-0.3, -0.25) is 10.1 Å². The van der Waals surface area contributed by atoms with Gasteiger partial charge in [0.25, 0.3) is 5.69 Å². The molecule has 2 rings (SSSR count). The topological polar surface area (TPSA) is 88.5 Å². The number of hydrogen-bond donors (Lipinski definition) is 2. The van der Waals surface area contributed by atoms with E-state index < -0.39 is 10.5 Å². The number of furan rings is 1. The number of nitro groups is 1. The lowest BCUT2D eigenvalue weighted by Crippen LogP contribution is -2.30. The van der Waals surface area contributed by atoms with Gasteiger partial charge in [-0.1, -0.05) is 23.2 Å². The summed E-state index contributed by atoms with van der Waals surface area (Å²) in [5.41, 5.74) is -1.16. The average molecular weight is 331 g/mol. The van der Waals surface area contributed by atoms with Gasteiger partial charge in [0, 0.05) is 12.1 Å². The van der Waals surface area contributed by atoms with Crippen molar-refractivity contribution in [1.29, 1.82) is 0 Å². The number of benzene rings is 1. The molecule has 0 saturated heterocycles. The minimum Gasteiger partial charge on any atom is -0.466 e. The molecule has 0 aliphatic heterocycles. The lowest BCUT2D eigenvalue weighted by Gasteiger charge is -2.22. The lowest BCUT2D eigenvalue weighted by atomic mass is 10.0. The Morgan fingerprint density at radius 3 is 2.52 bits per heavy atom. The third kappa shape index (κ3) is 3.47. The molecule has 1 aromatic heterocycles. The second-order valence-electron chi connectivity index (χ2n) is 4.65. The van der Waals surface area contributed by atoms with E-state index in [4.69, 9.17) is 27.6 Å². The van der Waals surface area contributed by atoms with Crippen LogP contribution in [0.2, 0.25) is 10.0 Å². The summed E-state index contributed by atoms with van der Waals surface area (Å²) in [5, 5.41) is 24.1. The molecular formula is C13H12Cl2N2O4. The summed E-state index contributed by atoms with van der Waals surface area (Å²) >= 11 is 12.0. The summed E-state index contributed by atoms with van der Waals surface area (Å²) in [6.07, 6.45) is 1.45. The molecule has 0 amide bonds. The van der Waals surface area contributed by atoms with Gasteiger partial charge in [-0.2, -0.15) is 0 Å². The highest BCUT2D eigenvalue weighted by Gasteiger charge is 2.27. The number of aliphatic hydroxyl groups is 1. The van der Waals surface area contributed by atoms with E-state index in [1.165, 1.54) is 18.4 Å². The molecule has 0 aliphatic rings. The molecule has 0 bridgehead atoms. The van der Waals surface area contributed by atoms with E-state index in [0.29, 0.717) is 11.4 Å². The zero-order valence-corrected chi connectivity index (χ0v) is 12.5. The summed E-state index contributed by atoms with van der Waals surface area (Å²) in [7, 11) is 0. The highest BCUT2D eigenvalue weighted by molar-refractivity contribution is 6.39. The van der Waals surface area contributed by atoms with Gasteiger partial charge in [0.2, 0.25) is 0 Å². The zero-order valence-electron chi connectivity index (χ0n) is 11.0. The highest BCUT2D eigenvalue weighted by Crippen LogP contribution is 2.35. The number of nitrogens with one attached hydrogen (secondary N) is 1. The first kappa shape index (κ1) is 15.6. The summed E-state index contributed by atoms with van der Waals surface area (Å²) in [6, 6.07) is 5.69. The van der Waals surface area contributed by atoms with Gasteiger partial charge >= 0.3 is 0 Å². The van der Waals surface area contributed by atoms with E-state index in [9.17, 15) is 15.2 Å². The van der Waals surface area contributed by atoms with Gasteiger partial charge in [0.15, 0.2) is 0 Å². The van der Waals surface area contributed by atoms with Gasteiger partial charge in [-0.15, -0.1) is 0 Å². The normalized spacial score (nSPS) is 13.7. The monoisotopic (exact) mass is 330 g/mol. The maximum absolute atomic E-state index is 10.7. The Hall–Kier alpha value is -1.76. The first-order valence-electron chi connectivity index (χ1n) is 5.95. The van der Waals surface area contributed by atoms with Crippen molar-refractivity contribution in [2.45, 2.75) is 12.5 Å². The van der Waals surface area contributed by atoms with Crippen LogP contribution in [0.15, 0.2) is 34.9 Å². The summed E-state index contributed by atoms with van der Waals surface area (Å²) in [4.78, 5) is 10.1. The summed E-state index contributed by atoms with van der Waals surface area (Å²) in [5.74, 6) is 0.379. The van der Waals surface area contributed by atoms with Crippen LogP contribution in [-0.4, -0.2) is 16.6 Å². The molecule has 2 aromatic rings. The van der Waals surface area contributed by atoms with Crippen LogP contribution in [0, 0.1) is 10.1 Å². The molecule has 0 spiro atoms. The van der Waals surface area contributed by atoms with E-state index in [2.05, 4.69) is 5.32 Å². The first-order chi connectivity index (χ1) is 9.81. The number of anilines is 1. The predicted molar refractivity (Wildman–Crippen MR) is 79.9 cm³/mol. The quantitative estimate of drug-likeness (QED) is 0.642. The van der Waals surface area contributed by atoms with Crippen LogP contribution in [0.1, 0.15) is 12.7 Å². The van der Waals surface area contributed by atoms with Gasteiger partial charge in [-0.25, -0.2) is 0 Å². The fourth-order valence-corrected chi connectivity index (χ4v) is 2.38. The molecule has 1 heterocycles. The van der Waals surface area contributed by atoms with Crippen LogP contribution in [0.4, 0.5) is 11.4 Å². The van der Waals surface area contributed by atoms with Gasteiger partial charge < -0.3 is 14.8 Å². The second kappa shape index (κ2) is 5.93. The van der Waals surface area contributed by atoms with Crippen molar-refractivity contribution in [2.24, 2.45) is 0 Å². The minimum absolute atomic E-state index is 0.0672. The largest absolute Gasteiger partial charge is 0.466 e. The van der Waals surface area contributed by atoms with E-state index in [-0.39, 0.29) is 22.3 Å². The number of non-ortho nitro benzene ring substituents is 1. The van der Waals surface area contributed by atoms with Crippen molar-refractivity contribution >= 4 is 34.6 Å². The number of halogens is 2. The molecular weight excluding hydrogens is 319 g/mol. The summed E-state index contributed by atoms with van der Waals surface area (Å²) < 4.78 is 5.15. The van der Waals surface area contributed by atoms with Gasteiger partial charge in [-0.05, 0) is 19.1 Å².